The average molecular weight is 298 g/mol. The van der Waals surface area contributed by atoms with Crippen molar-refractivity contribution in [1.82, 2.24) is 0 Å². The molecule has 0 amide bonds. The van der Waals surface area contributed by atoms with Gasteiger partial charge in [-0.25, -0.2) is 0 Å². The van der Waals surface area contributed by atoms with Crippen molar-refractivity contribution in [3.63, 3.8) is 0 Å². The predicted molar refractivity (Wildman–Crippen MR) is 80.0 cm³/mol. The van der Waals surface area contributed by atoms with Crippen LogP contribution < -0.4 is 0 Å². The van der Waals surface area contributed by atoms with Crippen LogP contribution >= 0.6 is 0 Å². The lowest BCUT2D eigenvalue weighted by Crippen LogP contribution is -2.51. The van der Waals surface area contributed by atoms with E-state index in [0.717, 1.165) is 0 Å². The highest BCUT2D eigenvalue weighted by Crippen LogP contribution is 2.41. The van der Waals surface area contributed by atoms with Crippen molar-refractivity contribution in [1.29, 1.82) is 0 Å². The zero-order chi connectivity index (χ0) is 15.3. The quantitative estimate of drug-likeness (QED) is 0.735. The number of rotatable bonds is 2. The van der Waals surface area contributed by atoms with E-state index < -0.39 is 20.2 Å². The maximum absolute atomic E-state index is 11.9. The molecule has 0 radical (unpaired) electrons. The molecule has 1 saturated heterocycles. The average Bonchev–Trinajstić information content (AvgIpc) is 2.57. The SMILES string of the molecule is CC1(C)O[C@@H]2[C@H](O[Si](C)(C)C(C)(C)C)C=CC(=O)[C@@H]2O1. The van der Waals surface area contributed by atoms with Gasteiger partial charge in [-0.1, -0.05) is 26.8 Å². The highest BCUT2D eigenvalue weighted by atomic mass is 28.4. The van der Waals surface area contributed by atoms with Gasteiger partial charge in [-0.3, -0.25) is 4.79 Å². The Bertz CT molecular complexity index is 434. The van der Waals surface area contributed by atoms with Gasteiger partial charge in [-0.15, -0.1) is 0 Å². The molecule has 1 fully saturated rings. The van der Waals surface area contributed by atoms with Crippen molar-refractivity contribution in [3.05, 3.63) is 12.2 Å². The van der Waals surface area contributed by atoms with Gasteiger partial charge in [0.15, 0.2) is 26.0 Å². The first-order valence-electron chi connectivity index (χ1n) is 7.18. The lowest BCUT2D eigenvalue weighted by molar-refractivity contribution is -0.155. The van der Waals surface area contributed by atoms with E-state index in [1.165, 1.54) is 0 Å². The third-order valence-electron chi connectivity index (χ3n) is 4.42. The fourth-order valence-electron chi connectivity index (χ4n) is 2.27. The van der Waals surface area contributed by atoms with Crippen LogP contribution in [0.15, 0.2) is 12.2 Å². The fraction of sp³-hybridized carbons (Fsp3) is 0.800. The molecule has 0 spiro atoms. The topological polar surface area (TPSA) is 44.8 Å². The van der Waals surface area contributed by atoms with Crippen LogP contribution in [0.1, 0.15) is 34.6 Å². The van der Waals surface area contributed by atoms with Gasteiger partial charge in [-0.05, 0) is 38.1 Å². The van der Waals surface area contributed by atoms with Crippen molar-refractivity contribution in [2.75, 3.05) is 0 Å². The summed E-state index contributed by atoms with van der Waals surface area (Å²) in [5.41, 5.74) is 0. The van der Waals surface area contributed by atoms with Gasteiger partial charge in [0.25, 0.3) is 0 Å². The van der Waals surface area contributed by atoms with E-state index in [1.54, 1.807) is 6.08 Å². The summed E-state index contributed by atoms with van der Waals surface area (Å²) in [5.74, 6) is -0.762. The van der Waals surface area contributed by atoms with E-state index in [0.29, 0.717) is 0 Å². The van der Waals surface area contributed by atoms with Crippen LogP contribution in [0.2, 0.25) is 18.1 Å². The monoisotopic (exact) mass is 298 g/mol. The van der Waals surface area contributed by atoms with Gasteiger partial charge in [0.2, 0.25) is 0 Å². The lowest BCUT2D eigenvalue weighted by atomic mass is 9.98. The number of hydrogen-bond acceptors (Lipinski definition) is 4. The first kappa shape index (κ1) is 15.9. The van der Waals surface area contributed by atoms with E-state index in [9.17, 15) is 4.79 Å². The van der Waals surface area contributed by atoms with Crippen molar-refractivity contribution in [2.24, 2.45) is 0 Å². The minimum atomic E-state index is -1.92. The largest absolute Gasteiger partial charge is 0.408 e. The first-order chi connectivity index (χ1) is 8.93. The molecule has 0 bridgehead atoms. The van der Waals surface area contributed by atoms with Gasteiger partial charge < -0.3 is 13.9 Å². The second-order valence-electron chi connectivity index (χ2n) is 7.63. The Morgan fingerprint density at radius 2 is 1.85 bits per heavy atom. The second-order valence-corrected chi connectivity index (χ2v) is 12.4. The van der Waals surface area contributed by atoms with E-state index in [1.807, 2.05) is 19.9 Å². The molecule has 3 atom stereocenters. The Morgan fingerprint density at radius 3 is 2.40 bits per heavy atom. The van der Waals surface area contributed by atoms with E-state index in [2.05, 4.69) is 33.9 Å². The molecule has 20 heavy (non-hydrogen) atoms. The van der Waals surface area contributed by atoms with Crippen LogP contribution in [0.5, 0.6) is 0 Å². The Kier molecular flexibility index (Phi) is 3.78. The molecule has 1 aliphatic heterocycles. The minimum absolute atomic E-state index is 0.0318. The van der Waals surface area contributed by atoms with Crippen LogP contribution in [0.4, 0.5) is 0 Å². The van der Waals surface area contributed by atoms with E-state index in [4.69, 9.17) is 13.9 Å². The Hall–Kier alpha value is -0.493. The summed E-state index contributed by atoms with van der Waals surface area (Å²) in [7, 11) is -1.92. The van der Waals surface area contributed by atoms with Gasteiger partial charge in [0.1, 0.15) is 6.10 Å². The molecule has 5 heteroatoms. The van der Waals surface area contributed by atoms with Gasteiger partial charge in [0, 0.05) is 0 Å². The third kappa shape index (κ3) is 2.91. The van der Waals surface area contributed by atoms with E-state index >= 15 is 0 Å². The maximum Gasteiger partial charge on any atom is 0.193 e. The molecule has 4 nitrogen and oxygen atoms in total. The van der Waals surface area contributed by atoms with Gasteiger partial charge in [0.05, 0.1) is 6.10 Å². The fourth-order valence-corrected chi connectivity index (χ4v) is 3.51. The van der Waals surface area contributed by atoms with Crippen LogP contribution in [-0.4, -0.2) is 38.2 Å². The molecular formula is C15H26O4Si. The summed E-state index contributed by atoms with van der Waals surface area (Å²) in [6.45, 7) is 14.7. The molecule has 114 valence electrons. The summed E-state index contributed by atoms with van der Waals surface area (Å²) in [6.07, 6.45) is 2.32. The normalized spacial score (nSPS) is 33.4. The molecule has 0 unspecified atom stereocenters. The molecule has 1 heterocycles. The van der Waals surface area contributed by atoms with Gasteiger partial charge in [-0.2, -0.15) is 0 Å². The van der Waals surface area contributed by atoms with Gasteiger partial charge >= 0.3 is 0 Å². The number of ketones is 1. The molecular weight excluding hydrogens is 272 g/mol. The van der Waals surface area contributed by atoms with Crippen molar-refractivity contribution in [2.45, 2.75) is 76.8 Å². The Balaban J connectivity index is 2.21. The van der Waals surface area contributed by atoms with Crippen molar-refractivity contribution >= 4 is 14.1 Å². The van der Waals surface area contributed by atoms with E-state index in [-0.39, 0.29) is 23.0 Å². The Labute approximate surface area is 122 Å². The van der Waals surface area contributed by atoms with Crippen LogP contribution in [0.25, 0.3) is 0 Å². The number of hydrogen-bond donors (Lipinski definition) is 0. The zero-order valence-corrected chi connectivity index (χ0v) is 14.5. The molecule has 1 aliphatic carbocycles. The van der Waals surface area contributed by atoms with Crippen LogP contribution in [0.3, 0.4) is 0 Å². The summed E-state index contributed by atoms with van der Waals surface area (Å²) < 4.78 is 18.0. The summed E-state index contributed by atoms with van der Waals surface area (Å²) in [6, 6.07) is 0. The summed E-state index contributed by atoms with van der Waals surface area (Å²) >= 11 is 0. The molecule has 0 aromatic heterocycles. The lowest BCUT2D eigenvalue weighted by Gasteiger charge is -2.40. The molecule has 0 aromatic carbocycles. The van der Waals surface area contributed by atoms with Crippen molar-refractivity contribution < 1.29 is 18.7 Å². The van der Waals surface area contributed by atoms with Crippen molar-refractivity contribution in [3.8, 4) is 0 Å². The Morgan fingerprint density at radius 1 is 1.25 bits per heavy atom. The molecule has 0 saturated carbocycles. The zero-order valence-electron chi connectivity index (χ0n) is 13.5. The molecule has 2 rings (SSSR count). The standard InChI is InChI=1S/C15H26O4Si/c1-14(2,3)20(6,7)19-11-9-8-10(16)12-13(11)18-15(4,5)17-12/h8-9,11-13H,1-7H3/t11-,12+,13-/m1/s1. The van der Waals surface area contributed by atoms with Crippen LogP contribution in [-0.2, 0) is 18.7 Å². The molecule has 2 aliphatic rings. The minimum Gasteiger partial charge on any atom is -0.408 e. The maximum atomic E-state index is 11.9. The number of carbonyl (C=O) groups is 1. The second kappa shape index (κ2) is 4.76. The number of carbonyl (C=O) groups excluding carboxylic acids is 1. The summed E-state index contributed by atoms with van der Waals surface area (Å²) in [5, 5.41) is 0.118. The molecule has 0 N–H and O–H groups in total. The molecule has 0 aromatic rings. The number of ether oxygens (including phenoxy) is 2. The smallest absolute Gasteiger partial charge is 0.193 e. The predicted octanol–water partition coefficient (Wildman–Crippen LogP) is 3.04. The number of fused-ring (bicyclic) bond motifs is 1. The summed E-state index contributed by atoms with van der Waals surface area (Å²) in [4.78, 5) is 11.9. The van der Waals surface area contributed by atoms with Crippen LogP contribution in [0, 0.1) is 0 Å². The first-order valence-corrected chi connectivity index (χ1v) is 10.1. The third-order valence-corrected chi connectivity index (χ3v) is 8.89. The highest BCUT2D eigenvalue weighted by Gasteiger charge is 2.51. The highest BCUT2D eigenvalue weighted by molar-refractivity contribution is 6.74.